The highest BCUT2D eigenvalue weighted by atomic mass is 35.5. The summed E-state index contributed by atoms with van der Waals surface area (Å²) < 4.78 is 37.0. The van der Waals surface area contributed by atoms with Crippen LogP contribution in [0.5, 0.6) is 0 Å². The van der Waals surface area contributed by atoms with E-state index >= 15 is 0 Å². The molecule has 0 saturated heterocycles. The van der Waals surface area contributed by atoms with Crippen LogP contribution in [-0.2, 0) is 21.2 Å². The highest BCUT2D eigenvalue weighted by molar-refractivity contribution is 7.89. The lowest BCUT2D eigenvalue weighted by Gasteiger charge is -2.21. The normalized spacial score (nSPS) is 11.2. The predicted octanol–water partition coefficient (Wildman–Crippen LogP) is 1.99. The molecule has 1 heterocycles. The van der Waals surface area contributed by atoms with Crippen molar-refractivity contribution in [3.05, 3.63) is 53.5 Å². The van der Waals surface area contributed by atoms with Crippen molar-refractivity contribution in [1.29, 1.82) is 0 Å². The van der Waals surface area contributed by atoms with Crippen molar-refractivity contribution >= 4 is 28.4 Å². The van der Waals surface area contributed by atoms with Gasteiger partial charge in [0.2, 0.25) is 15.8 Å². The van der Waals surface area contributed by atoms with Gasteiger partial charge in [0.05, 0.1) is 7.11 Å². The van der Waals surface area contributed by atoms with Crippen LogP contribution in [0.4, 0.5) is 0 Å². The Hall–Kier alpha value is -1.87. The van der Waals surface area contributed by atoms with E-state index in [4.69, 9.17) is 10.2 Å². The largest absolute Gasteiger partial charge is 0.463 e. The Kier molecular flexibility index (Phi) is 8.29. The quantitative estimate of drug-likeness (QED) is 0.677. The van der Waals surface area contributed by atoms with Gasteiger partial charge in [0.1, 0.15) is 10.7 Å². The first-order valence-electron chi connectivity index (χ1n) is 7.83. The summed E-state index contributed by atoms with van der Waals surface area (Å²) in [4.78, 5) is 11.5. The number of halogens is 1. The molecular formula is C17H23ClN2O5S. The Morgan fingerprint density at radius 1 is 1.23 bits per heavy atom. The number of esters is 1. The zero-order valence-electron chi connectivity index (χ0n) is 14.7. The van der Waals surface area contributed by atoms with Crippen LogP contribution in [0, 0.1) is 6.92 Å². The summed E-state index contributed by atoms with van der Waals surface area (Å²) in [7, 11) is -2.63. The van der Waals surface area contributed by atoms with E-state index in [2.05, 4.69) is 4.74 Å². The van der Waals surface area contributed by atoms with Crippen LogP contribution >= 0.6 is 12.4 Å². The molecule has 0 aliphatic carbocycles. The van der Waals surface area contributed by atoms with Crippen LogP contribution in [0.3, 0.4) is 0 Å². The number of benzene rings is 1. The van der Waals surface area contributed by atoms with Gasteiger partial charge in [-0.2, -0.15) is 4.31 Å². The molecule has 0 bridgehead atoms. The van der Waals surface area contributed by atoms with Gasteiger partial charge in [-0.3, -0.25) is 0 Å². The Morgan fingerprint density at radius 2 is 1.88 bits per heavy atom. The van der Waals surface area contributed by atoms with E-state index in [0.29, 0.717) is 6.42 Å². The number of carbonyl (C=O) groups is 1. The number of nitrogens with two attached hydrogens (primary N) is 1. The Bertz CT molecular complexity index is 821. The number of rotatable bonds is 8. The third-order valence-electron chi connectivity index (χ3n) is 3.75. The van der Waals surface area contributed by atoms with E-state index in [9.17, 15) is 13.2 Å². The molecule has 9 heteroatoms. The minimum absolute atomic E-state index is 0. The van der Waals surface area contributed by atoms with Gasteiger partial charge < -0.3 is 14.9 Å². The van der Waals surface area contributed by atoms with Crippen molar-refractivity contribution < 1.29 is 22.4 Å². The van der Waals surface area contributed by atoms with E-state index in [0.717, 1.165) is 5.56 Å². The average molecular weight is 403 g/mol. The van der Waals surface area contributed by atoms with Gasteiger partial charge in [-0.15, -0.1) is 12.4 Å². The fourth-order valence-corrected chi connectivity index (χ4v) is 4.07. The zero-order valence-corrected chi connectivity index (χ0v) is 16.3. The highest BCUT2D eigenvalue weighted by Crippen LogP contribution is 2.24. The minimum atomic E-state index is -3.83. The van der Waals surface area contributed by atoms with Crippen molar-refractivity contribution in [3.63, 3.8) is 0 Å². The van der Waals surface area contributed by atoms with Crippen LogP contribution < -0.4 is 5.73 Å². The number of methoxy groups -OCH3 is 1. The zero-order chi connectivity index (χ0) is 18.4. The maximum Gasteiger partial charge on any atom is 0.373 e. The monoisotopic (exact) mass is 402 g/mol. The van der Waals surface area contributed by atoms with Gasteiger partial charge >= 0.3 is 5.97 Å². The summed E-state index contributed by atoms with van der Waals surface area (Å²) in [6.45, 7) is 2.14. The molecule has 26 heavy (non-hydrogen) atoms. The van der Waals surface area contributed by atoms with Crippen molar-refractivity contribution in [2.75, 3.05) is 26.7 Å². The highest BCUT2D eigenvalue weighted by Gasteiger charge is 2.29. The third-order valence-corrected chi connectivity index (χ3v) is 5.75. The van der Waals surface area contributed by atoms with E-state index in [1.54, 1.807) is 0 Å². The van der Waals surface area contributed by atoms with Gasteiger partial charge in [0, 0.05) is 25.7 Å². The first-order valence-corrected chi connectivity index (χ1v) is 9.27. The molecule has 1 aromatic carbocycles. The third kappa shape index (κ3) is 5.07. The predicted molar refractivity (Wildman–Crippen MR) is 100.0 cm³/mol. The summed E-state index contributed by atoms with van der Waals surface area (Å²) in [6.07, 6.45) is 0.556. The van der Waals surface area contributed by atoms with Crippen LogP contribution in [0.1, 0.15) is 21.9 Å². The Labute approximate surface area is 159 Å². The molecule has 0 atom stereocenters. The Balaban J connectivity index is 0.00000338. The number of aryl methyl sites for hydroxylation is 1. The molecule has 144 valence electrons. The van der Waals surface area contributed by atoms with Gasteiger partial charge in [-0.05, 0) is 18.9 Å². The number of furan rings is 1. The fraction of sp³-hybridized carbons (Fsp3) is 0.353. The first kappa shape index (κ1) is 22.2. The molecule has 7 nitrogen and oxygen atoms in total. The topological polar surface area (TPSA) is 103 Å². The summed E-state index contributed by atoms with van der Waals surface area (Å²) >= 11 is 0. The molecule has 0 amide bonds. The lowest BCUT2D eigenvalue weighted by Crippen LogP contribution is -2.37. The van der Waals surface area contributed by atoms with E-state index < -0.39 is 16.0 Å². The number of carbonyl (C=O) groups excluding carboxylic acids is 1. The fourth-order valence-electron chi connectivity index (χ4n) is 2.46. The molecule has 0 spiro atoms. The summed E-state index contributed by atoms with van der Waals surface area (Å²) in [6, 6.07) is 10.8. The second-order valence-electron chi connectivity index (χ2n) is 5.45. The second-order valence-corrected chi connectivity index (χ2v) is 7.36. The van der Waals surface area contributed by atoms with Crippen LogP contribution in [0.25, 0.3) is 0 Å². The molecule has 2 N–H and O–H groups in total. The molecule has 0 aliphatic heterocycles. The van der Waals surface area contributed by atoms with Crippen LogP contribution in [0.2, 0.25) is 0 Å². The van der Waals surface area contributed by atoms with E-state index in [1.807, 2.05) is 30.3 Å². The van der Waals surface area contributed by atoms with Crippen molar-refractivity contribution in [1.82, 2.24) is 4.31 Å². The summed E-state index contributed by atoms with van der Waals surface area (Å²) in [5.41, 5.74) is 6.61. The number of ether oxygens (including phenoxy) is 1. The lowest BCUT2D eigenvalue weighted by molar-refractivity contribution is 0.0563. The molecule has 2 aromatic rings. The smallest absolute Gasteiger partial charge is 0.373 e. The number of nitrogens with zero attached hydrogens (tertiary/aromatic N) is 1. The molecule has 0 radical (unpaired) electrons. The standard InChI is InChI=1S/C17H22N2O5S.ClH/c1-13-16(12-15(24-13)17(20)23-2)25(21,22)19(11-9-18)10-8-14-6-4-3-5-7-14;/h3-7,12H,8-11,18H2,1-2H3;1H. The molecule has 0 unspecified atom stereocenters. The van der Waals surface area contributed by atoms with Gasteiger partial charge in [-0.25, -0.2) is 13.2 Å². The Morgan fingerprint density at radius 3 is 2.46 bits per heavy atom. The number of sulfonamides is 1. The minimum Gasteiger partial charge on any atom is -0.463 e. The SMILES string of the molecule is COC(=O)c1cc(S(=O)(=O)N(CCN)CCc2ccccc2)c(C)o1.Cl. The van der Waals surface area contributed by atoms with Gasteiger partial charge in [0.25, 0.3) is 0 Å². The molecule has 1 aromatic heterocycles. The second kappa shape index (κ2) is 9.72. The maximum atomic E-state index is 12.9. The lowest BCUT2D eigenvalue weighted by atomic mass is 10.1. The average Bonchev–Trinajstić information content (AvgIpc) is 3.01. The number of hydrogen-bond acceptors (Lipinski definition) is 6. The van der Waals surface area contributed by atoms with E-state index in [-0.39, 0.29) is 48.5 Å². The van der Waals surface area contributed by atoms with Crippen LogP contribution in [-0.4, -0.2) is 45.4 Å². The van der Waals surface area contributed by atoms with E-state index in [1.165, 1.54) is 24.4 Å². The van der Waals surface area contributed by atoms with Crippen molar-refractivity contribution in [2.45, 2.75) is 18.2 Å². The van der Waals surface area contributed by atoms with Crippen molar-refractivity contribution in [3.8, 4) is 0 Å². The molecule has 0 saturated carbocycles. The van der Waals surface area contributed by atoms with Crippen LogP contribution in [0.15, 0.2) is 45.7 Å². The number of hydrogen-bond donors (Lipinski definition) is 1. The summed E-state index contributed by atoms with van der Waals surface area (Å²) in [5, 5.41) is 0. The van der Waals surface area contributed by atoms with Crippen molar-refractivity contribution in [2.24, 2.45) is 5.73 Å². The maximum absolute atomic E-state index is 12.9. The molecule has 2 rings (SSSR count). The molecule has 0 aliphatic rings. The first-order chi connectivity index (χ1) is 11.9. The molecular weight excluding hydrogens is 380 g/mol. The molecule has 0 fully saturated rings. The van der Waals surface area contributed by atoms with Gasteiger partial charge in [-0.1, -0.05) is 30.3 Å². The van der Waals surface area contributed by atoms with Gasteiger partial charge in [0.15, 0.2) is 0 Å². The summed E-state index contributed by atoms with van der Waals surface area (Å²) in [5.74, 6) is -0.726.